The fourth-order valence-corrected chi connectivity index (χ4v) is 1.72. The monoisotopic (exact) mass is 281 g/mol. The molecular formula is C12H9ClFN3O2. The largest absolute Gasteiger partial charge is 0.340 e. The second-order valence-corrected chi connectivity index (χ2v) is 4.26. The van der Waals surface area contributed by atoms with Crippen LogP contribution in [0.2, 0.25) is 5.15 Å². The minimum absolute atomic E-state index is 0.00856. The highest BCUT2D eigenvalue weighted by Crippen LogP contribution is 2.25. The van der Waals surface area contributed by atoms with E-state index in [1.165, 1.54) is 18.2 Å². The lowest BCUT2D eigenvalue weighted by Gasteiger charge is -2.09. The molecule has 0 atom stereocenters. The number of pyridine rings is 1. The van der Waals surface area contributed by atoms with E-state index in [2.05, 4.69) is 10.3 Å². The summed E-state index contributed by atoms with van der Waals surface area (Å²) in [6, 6.07) is 6.58. The Morgan fingerprint density at radius 2 is 2.11 bits per heavy atom. The molecule has 1 N–H and O–H groups in total. The zero-order valence-electron chi connectivity index (χ0n) is 9.85. The van der Waals surface area contributed by atoms with E-state index >= 15 is 0 Å². The maximum atomic E-state index is 13.1. The zero-order chi connectivity index (χ0) is 14.0. The number of halogens is 2. The number of nitrogens with one attached hydrogen (secondary N) is 1. The van der Waals surface area contributed by atoms with Crippen molar-refractivity contribution in [1.29, 1.82) is 0 Å². The van der Waals surface area contributed by atoms with Gasteiger partial charge in [0.1, 0.15) is 16.8 Å². The van der Waals surface area contributed by atoms with E-state index in [0.717, 1.165) is 11.6 Å². The van der Waals surface area contributed by atoms with E-state index < -0.39 is 10.7 Å². The van der Waals surface area contributed by atoms with Gasteiger partial charge < -0.3 is 5.32 Å². The molecule has 1 aromatic heterocycles. The van der Waals surface area contributed by atoms with Crippen LogP contribution < -0.4 is 5.32 Å². The van der Waals surface area contributed by atoms with Crippen molar-refractivity contribution in [2.24, 2.45) is 0 Å². The minimum atomic E-state index is -0.572. The summed E-state index contributed by atoms with van der Waals surface area (Å²) in [5.74, 6) is -0.225. The van der Waals surface area contributed by atoms with Gasteiger partial charge in [-0.3, -0.25) is 10.1 Å². The summed E-state index contributed by atoms with van der Waals surface area (Å²) < 4.78 is 13.1. The molecule has 0 unspecified atom stereocenters. The highest BCUT2D eigenvalue weighted by molar-refractivity contribution is 6.29. The summed E-state index contributed by atoms with van der Waals surface area (Å²) in [5, 5.41) is 13.5. The third-order valence-electron chi connectivity index (χ3n) is 2.45. The first-order valence-electron chi connectivity index (χ1n) is 5.31. The molecular weight excluding hydrogens is 273 g/mol. The van der Waals surface area contributed by atoms with Gasteiger partial charge in [-0.25, -0.2) is 9.37 Å². The second-order valence-electron chi connectivity index (χ2n) is 3.87. The van der Waals surface area contributed by atoms with Crippen molar-refractivity contribution in [1.82, 2.24) is 4.98 Å². The average Bonchev–Trinajstić information content (AvgIpc) is 2.33. The normalized spacial score (nSPS) is 10.3. The summed E-state index contributed by atoms with van der Waals surface area (Å²) in [7, 11) is 0. The number of aryl methyl sites for hydroxylation is 1. The first-order chi connectivity index (χ1) is 8.95. The second kappa shape index (κ2) is 5.19. The molecule has 0 saturated carbocycles. The van der Waals surface area contributed by atoms with Crippen LogP contribution in [0.4, 0.5) is 21.6 Å². The van der Waals surface area contributed by atoms with Gasteiger partial charge in [-0.05, 0) is 24.6 Å². The quantitative estimate of drug-likeness (QED) is 0.527. The molecule has 0 fully saturated rings. The van der Waals surface area contributed by atoms with E-state index in [4.69, 9.17) is 11.6 Å². The standard InChI is InChI=1S/C12H9ClFN3O2/c1-7-2-3-8(14)4-10(7)15-12-6-9(17(18)19)5-11(13)16-12/h2-6H,1H3,(H,15,16). The summed E-state index contributed by atoms with van der Waals surface area (Å²) in [6.07, 6.45) is 0. The van der Waals surface area contributed by atoms with E-state index in [0.29, 0.717) is 5.69 Å². The van der Waals surface area contributed by atoms with Gasteiger partial charge in [0.15, 0.2) is 0 Å². The minimum Gasteiger partial charge on any atom is -0.340 e. The van der Waals surface area contributed by atoms with Crippen LogP contribution >= 0.6 is 11.6 Å². The molecule has 2 aromatic rings. The SMILES string of the molecule is Cc1ccc(F)cc1Nc1cc([N+](=O)[O-])cc(Cl)n1. The predicted octanol–water partition coefficient (Wildman–Crippen LogP) is 3.83. The van der Waals surface area contributed by atoms with Gasteiger partial charge in [0, 0.05) is 5.69 Å². The van der Waals surface area contributed by atoms with Gasteiger partial charge in [-0.15, -0.1) is 0 Å². The number of hydrogen-bond donors (Lipinski definition) is 1. The summed E-state index contributed by atoms with van der Waals surface area (Å²) in [5.41, 5.74) is 1.08. The molecule has 7 heteroatoms. The number of benzene rings is 1. The van der Waals surface area contributed by atoms with E-state index in [1.807, 2.05) is 0 Å². The number of aromatic nitrogens is 1. The third-order valence-corrected chi connectivity index (χ3v) is 2.65. The molecule has 0 amide bonds. The van der Waals surface area contributed by atoms with Crippen molar-refractivity contribution in [3.05, 3.63) is 57.0 Å². The molecule has 2 rings (SSSR count). The Kier molecular flexibility index (Phi) is 3.62. The number of nitrogens with zero attached hydrogens (tertiary/aromatic N) is 2. The first kappa shape index (κ1) is 13.2. The van der Waals surface area contributed by atoms with Gasteiger partial charge in [0.05, 0.1) is 17.1 Å². The Hall–Kier alpha value is -2.21. The molecule has 98 valence electrons. The molecule has 0 aliphatic carbocycles. The van der Waals surface area contributed by atoms with Gasteiger partial charge in [0.25, 0.3) is 5.69 Å². The van der Waals surface area contributed by atoms with Crippen molar-refractivity contribution in [3.63, 3.8) is 0 Å². The number of rotatable bonds is 3. The topological polar surface area (TPSA) is 68.1 Å². The van der Waals surface area contributed by atoms with Crippen LogP contribution in [0.25, 0.3) is 0 Å². The Labute approximate surface area is 113 Å². The van der Waals surface area contributed by atoms with Crippen LogP contribution in [0, 0.1) is 22.9 Å². The lowest BCUT2D eigenvalue weighted by molar-refractivity contribution is -0.384. The highest BCUT2D eigenvalue weighted by Gasteiger charge is 2.11. The van der Waals surface area contributed by atoms with Crippen LogP contribution in [0.15, 0.2) is 30.3 Å². The van der Waals surface area contributed by atoms with Crippen molar-refractivity contribution in [2.45, 2.75) is 6.92 Å². The molecule has 1 aromatic carbocycles. The lowest BCUT2D eigenvalue weighted by atomic mass is 10.2. The molecule has 5 nitrogen and oxygen atoms in total. The lowest BCUT2D eigenvalue weighted by Crippen LogP contribution is -1.98. The van der Waals surface area contributed by atoms with Crippen molar-refractivity contribution >= 4 is 28.8 Å². The van der Waals surface area contributed by atoms with Crippen LogP contribution in [0.3, 0.4) is 0 Å². The van der Waals surface area contributed by atoms with Gasteiger partial charge in [-0.1, -0.05) is 17.7 Å². The van der Waals surface area contributed by atoms with Gasteiger partial charge in [0.2, 0.25) is 0 Å². The molecule has 0 aliphatic rings. The molecule has 0 bridgehead atoms. The zero-order valence-corrected chi connectivity index (χ0v) is 10.6. The first-order valence-corrected chi connectivity index (χ1v) is 5.68. The van der Waals surface area contributed by atoms with Crippen LogP contribution in [-0.4, -0.2) is 9.91 Å². The number of nitro groups is 1. The fourth-order valence-electron chi connectivity index (χ4n) is 1.52. The molecule has 0 spiro atoms. The predicted molar refractivity (Wildman–Crippen MR) is 70.3 cm³/mol. The summed E-state index contributed by atoms with van der Waals surface area (Å²) >= 11 is 5.70. The molecule has 0 saturated heterocycles. The van der Waals surface area contributed by atoms with E-state index in [9.17, 15) is 14.5 Å². The number of anilines is 2. The number of hydrogen-bond acceptors (Lipinski definition) is 4. The Balaban J connectivity index is 2.38. The van der Waals surface area contributed by atoms with Crippen molar-refractivity contribution < 1.29 is 9.31 Å². The van der Waals surface area contributed by atoms with Crippen LogP contribution in [0.5, 0.6) is 0 Å². The van der Waals surface area contributed by atoms with Crippen LogP contribution in [-0.2, 0) is 0 Å². The summed E-state index contributed by atoms with van der Waals surface area (Å²) in [4.78, 5) is 14.0. The molecule has 0 radical (unpaired) electrons. The molecule has 19 heavy (non-hydrogen) atoms. The molecule has 0 aliphatic heterocycles. The van der Waals surface area contributed by atoms with Crippen molar-refractivity contribution in [3.8, 4) is 0 Å². The smallest absolute Gasteiger partial charge is 0.276 e. The van der Waals surface area contributed by atoms with E-state index in [-0.39, 0.29) is 16.7 Å². The maximum absolute atomic E-state index is 13.1. The highest BCUT2D eigenvalue weighted by atomic mass is 35.5. The Morgan fingerprint density at radius 1 is 1.37 bits per heavy atom. The van der Waals surface area contributed by atoms with Crippen LogP contribution in [0.1, 0.15) is 5.56 Å². The maximum Gasteiger partial charge on any atom is 0.276 e. The third kappa shape index (κ3) is 3.17. The molecule has 1 heterocycles. The summed E-state index contributed by atoms with van der Waals surface area (Å²) in [6.45, 7) is 1.78. The van der Waals surface area contributed by atoms with E-state index in [1.54, 1.807) is 13.0 Å². The van der Waals surface area contributed by atoms with Gasteiger partial charge >= 0.3 is 0 Å². The van der Waals surface area contributed by atoms with Crippen molar-refractivity contribution in [2.75, 3.05) is 5.32 Å². The Bertz CT molecular complexity index is 649. The average molecular weight is 282 g/mol. The Morgan fingerprint density at radius 3 is 2.79 bits per heavy atom. The fraction of sp³-hybridized carbons (Fsp3) is 0.0833. The van der Waals surface area contributed by atoms with Gasteiger partial charge in [-0.2, -0.15) is 0 Å².